The summed E-state index contributed by atoms with van der Waals surface area (Å²) in [6.07, 6.45) is 0.889. The van der Waals surface area contributed by atoms with Crippen LogP contribution < -0.4 is 4.74 Å². The van der Waals surface area contributed by atoms with Gasteiger partial charge in [-0.05, 0) is 53.4 Å². The molecule has 5 heteroatoms. The van der Waals surface area contributed by atoms with Gasteiger partial charge in [0, 0.05) is 23.7 Å². The van der Waals surface area contributed by atoms with Crippen molar-refractivity contribution in [3.05, 3.63) is 99.0 Å². The SMILES string of the molecule is O=C(c1cccc(COc2ccc(Cl)cc2Cl)c1)N1CCc2ccccc2C1. The number of hydrogen-bond acceptors (Lipinski definition) is 2. The van der Waals surface area contributed by atoms with Gasteiger partial charge in [0.05, 0.1) is 5.02 Å². The number of carbonyl (C=O) groups is 1. The molecule has 3 nitrogen and oxygen atoms in total. The highest BCUT2D eigenvalue weighted by Gasteiger charge is 2.21. The number of halogens is 2. The van der Waals surface area contributed by atoms with E-state index >= 15 is 0 Å². The molecule has 0 N–H and O–H groups in total. The smallest absolute Gasteiger partial charge is 0.254 e. The van der Waals surface area contributed by atoms with Crippen LogP contribution in [0.3, 0.4) is 0 Å². The summed E-state index contributed by atoms with van der Waals surface area (Å²) < 4.78 is 5.79. The summed E-state index contributed by atoms with van der Waals surface area (Å²) in [7, 11) is 0. The van der Waals surface area contributed by atoms with Gasteiger partial charge in [0.15, 0.2) is 0 Å². The van der Waals surface area contributed by atoms with E-state index in [1.807, 2.05) is 41.3 Å². The van der Waals surface area contributed by atoms with Crippen molar-refractivity contribution in [3.8, 4) is 5.75 Å². The monoisotopic (exact) mass is 411 g/mol. The van der Waals surface area contributed by atoms with E-state index in [9.17, 15) is 4.79 Å². The molecule has 0 spiro atoms. The van der Waals surface area contributed by atoms with Gasteiger partial charge in [-0.2, -0.15) is 0 Å². The molecule has 1 heterocycles. The fourth-order valence-corrected chi connectivity index (χ4v) is 3.86. The minimum absolute atomic E-state index is 0.0425. The summed E-state index contributed by atoms with van der Waals surface area (Å²) in [6.45, 7) is 1.71. The Morgan fingerprint density at radius 3 is 2.61 bits per heavy atom. The highest BCUT2D eigenvalue weighted by Crippen LogP contribution is 2.28. The Labute approximate surface area is 174 Å². The summed E-state index contributed by atoms with van der Waals surface area (Å²) in [5, 5.41) is 1.03. The Morgan fingerprint density at radius 2 is 1.79 bits per heavy atom. The maximum Gasteiger partial charge on any atom is 0.254 e. The van der Waals surface area contributed by atoms with Crippen molar-refractivity contribution in [2.45, 2.75) is 19.6 Å². The first-order valence-electron chi connectivity index (χ1n) is 9.13. The van der Waals surface area contributed by atoms with Crippen LogP contribution in [0.2, 0.25) is 10.0 Å². The Morgan fingerprint density at radius 1 is 0.964 bits per heavy atom. The molecule has 0 saturated heterocycles. The van der Waals surface area contributed by atoms with Crippen molar-refractivity contribution < 1.29 is 9.53 Å². The second-order valence-corrected chi connectivity index (χ2v) is 7.65. The van der Waals surface area contributed by atoms with Crippen molar-refractivity contribution in [2.24, 2.45) is 0 Å². The van der Waals surface area contributed by atoms with Crippen LogP contribution in [0.4, 0.5) is 0 Å². The lowest BCUT2D eigenvalue weighted by atomic mass is 9.99. The zero-order valence-corrected chi connectivity index (χ0v) is 16.7. The molecule has 0 radical (unpaired) electrons. The molecule has 0 atom stereocenters. The summed E-state index contributed by atoms with van der Waals surface area (Å²) >= 11 is 12.1. The first kappa shape index (κ1) is 18.9. The second kappa shape index (κ2) is 8.26. The van der Waals surface area contributed by atoms with Crippen molar-refractivity contribution in [3.63, 3.8) is 0 Å². The predicted molar refractivity (Wildman–Crippen MR) is 112 cm³/mol. The molecule has 4 rings (SSSR count). The standard InChI is InChI=1S/C23H19Cl2NO2/c24-20-8-9-22(21(25)13-20)28-15-16-4-3-7-18(12-16)23(27)26-11-10-17-5-1-2-6-19(17)14-26/h1-9,12-13H,10-11,14-15H2. The summed E-state index contributed by atoms with van der Waals surface area (Å²) in [5.74, 6) is 0.608. The van der Waals surface area contributed by atoms with Crippen LogP contribution in [-0.2, 0) is 19.6 Å². The predicted octanol–water partition coefficient (Wildman–Crippen LogP) is 5.77. The number of nitrogens with zero attached hydrogens (tertiary/aromatic N) is 1. The van der Waals surface area contributed by atoms with Crippen LogP contribution in [0, 0.1) is 0 Å². The molecule has 1 aliphatic rings. The Bertz CT molecular complexity index is 1020. The number of amides is 1. The second-order valence-electron chi connectivity index (χ2n) is 6.81. The third kappa shape index (κ3) is 4.16. The van der Waals surface area contributed by atoms with Crippen LogP contribution in [0.15, 0.2) is 66.7 Å². The Balaban J connectivity index is 1.45. The number of fused-ring (bicyclic) bond motifs is 1. The largest absolute Gasteiger partial charge is 0.487 e. The molecule has 0 bridgehead atoms. The molecule has 0 saturated carbocycles. The van der Waals surface area contributed by atoms with Crippen LogP contribution >= 0.6 is 23.2 Å². The molecule has 28 heavy (non-hydrogen) atoms. The van der Waals surface area contributed by atoms with Gasteiger partial charge in [-0.15, -0.1) is 0 Å². The molecular formula is C23H19Cl2NO2. The third-order valence-electron chi connectivity index (χ3n) is 4.88. The van der Waals surface area contributed by atoms with Gasteiger partial charge in [-0.25, -0.2) is 0 Å². The first-order valence-corrected chi connectivity index (χ1v) is 9.88. The van der Waals surface area contributed by atoms with Crippen molar-refractivity contribution in [2.75, 3.05) is 6.54 Å². The normalized spacial score (nSPS) is 13.1. The van der Waals surface area contributed by atoms with E-state index in [-0.39, 0.29) is 5.91 Å². The van der Waals surface area contributed by atoms with E-state index in [1.165, 1.54) is 11.1 Å². The molecule has 1 amide bonds. The third-order valence-corrected chi connectivity index (χ3v) is 5.41. The van der Waals surface area contributed by atoms with Crippen LogP contribution in [0.25, 0.3) is 0 Å². The van der Waals surface area contributed by atoms with Gasteiger partial charge >= 0.3 is 0 Å². The molecule has 3 aromatic rings. The fourth-order valence-electron chi connectivity index (χ4n) is 3.40. The molecule has 0 unspecified atom stereocenters. The zero-order valence-electron chi connectivity index (χ0n) is 15.2. The molecule has 1 aliphatic heterocycles. The van der Waals surface area contributed by atoms with Crippen LogP contribution in [-0.4, -0.2) is 17.4 Å². The van der Waals surface area contributed by atoms with Crippen LogP contribution in [0.5, 0.6) is 5.75 Å². The number of hydrogen-bond donors (Lipinski definition) is 0. The molecule has 0 fully saturated rings. The van der Waals surface area contributed by atoms with E-state index in [0.29, 0.717) is 34.5 Å². The average Bonchev–Trinajstić information content (AvgIpc) is 2.72. The van der Waals surface area contributed by atoms with Gasteiger partial charge < -0.3 is 9.64 Å². The molecular weight excluding hydrogens is 393 g/mol. The summed E-state index contributed by atoms with van der Waals surface area (Å²) in [5.41, 5.74) is 4.13. The topological polar surface area (TPSA) is 29.5 Å². The Hall–Kier alpha value is -2.49. The summed E-state index contributed by atoms with van der Waals surface area (Å²) in [4.78, 5) is 14.9. The van der Waals surface area contributed by atoms with E-state index in [2.05, 4.69) is 12.1 Å². The lowest BCUT2D eigenvalue weighted by Crippen LogP contribution is -2.35. The minimum atomic E-state index is 0.0425. The molecule has 0 aromatic heterocycles. The maximum atomic E-state index is 13.0. The average molecular weight is 412 g/mol. The first-order chi connectivity index (χ1) is 13.6. The maximum absolute atomic E-state index is 13.0. The lowest BCUT2D eigenvalue weighted by molar-refractivity contribution is 0.0734. The van der Waals surface area contributed by atoms with E-state index in [4.69, 9.17) is 27.9 Å². The van der Waals surface area contributed by atoms with Gasteiger partial charge in [-0.3, -0.25) is 4.79 Å². The molecule has 3 aromatic carbocycles. The number of ether oxygens (including phenoxy) is 1. The minimum Gasteiger partial charge on any atom is -0.487 e. The zero-order chi connectivity index (χ0) is 19.5. The van der Waals surface area contributed by atoms with Crippen molar-refractivity contribution >= 4 is 29.1 Å². The quantitative estimate of drug-likeness (QED) is 0.545. The van der Waals surface area contributed by atoms with Crippen molar-refractivity contribution in [1.29, 1.82) is 0 Å². The number of rotatable bonds is 4. The van der Waals surface area contributed by atoms with Gasteiger partial charge in [0.25, 0.3) is 5.91 Å². The lowest BCUT2D eigenvalue weighted by Gasteiger charge is -2.29. The highest BCUT2D eigenvalue weighted by molar-refractivity contribution is 6.35. The van der Waals surface area contributed by atoms with Crippen molar-refractivity contribution in [1.82, 2.24) is 4.90 Å². The molecule has 142 valence electrons. The van der Waals surface area contributed by atoms with Gasteiger partial charge in [0.2, 0.25) is 0 Å². The fraction of sp³-hybridized carbons (Fsp3) is 0.174. The van der Waals surface area contributed by atoms with E-state index < -0.39 is 0 Å². The van der Waals surface area contributed by atoms with E-state index in [1.54, 1.807) is 18.2 Å². The Kier molecular flexibility index (Phi) is 5.56. The van der Waals surface area contributed by atoms with Crippen LogP contribution in [0.1, 0.15) is 27.0 Å². The number of carbonyl (C=O) groups excluding carboxylic acids is 1. The highest BCUT2D eigenvalue weighted by atomic mass is 35.5. The summed E-state index contributed by atoms with van der Waals surface area (Å²) in [6, 6.07) is 21.0. The van der Waals surface area contributed by atoms with Gasteiger partial charge in [-0.1, -0.05) is 59.6 Å². The van der Waals surface area contributed by atoms with Gasteiger partial charge in [0.1, 0.15) is 12.4 Å². The van der Waals surface area contributed by atoms with E-state index in [0.717, 1.165) is 18.5 Å². The molecule has 0 aliphatic carbocycles. The number of benzene rings is 3.